The predicted octanol–water partition coefficient (Wildman–Crippen LogP) is 3.06. The van der Waals surface area contributed by atoms with E-state index in [4.69, 9.17) is 15.3 Å². The Morgan fingerprint density at radius 2 is 1.95 bits per heavy atom. The highest BCUT2D eigenvalue weighted by atomic mass is 19.4. The second kappa shape index (κ2) is 5.78. The van der Waals surface area contributed by atoms with Crippen molar-refractivity contribution in [1.82, 2.24) is 0 Å². The van der Waals surface area contributed by atoms with Gasteiger partial charge in [-0.05, 0) is 18.2 Å². The van der Waals surface area contributed by atoms with Gasteiger partial charge in [0.2, 0.25) is 0 Å². The maximum absolute atomic E-state index is 12.8. The van der Waals surface area contributed by atoms with Gasteiger partial charge in [0.25, 0.3) is 0 Å². The first kappa shape index (κ1) is 14.4. The highest BCUT2D eigenvalue weighted by Gasteiger charge is 2.33. The Kier molecular flexibility index (Phi) is 4.38. The van der Waals surface area contributed by atoms with Gasteiger partial charge >= 0.3 is 6.18 Å². The van der Waals surface area contributed by atoms with Crippen LogP contribution in [0.3, 0.4) is 0 Å². The van der Waals surface area contributed by atoms with E-state index in [0.29, 0.717) is 0 Å². The van der Waals surface area contributed by atoms with Crippen molar-refractivity contribution >= 4 is 5.69 Å². The van der Waals surface area contributed by atoms with E-state index in [2.05, 4.69) is 5.32 Å². The molecule has 7 heteroatoms. The fourth-order valence-electron chi connectivity index (χ4n) is 1.25. The van der Waals surface area contributed by atoms with Gasteiger partial charge in [-0.2, -0.15) is 23.7 Å². The largest absolute Gasteiger partial charge is 0.497 e. The lowest BCUT2D eigenvalue weighted by atomic mass is 10.1. The lowest BCUT2D eigenvalue weighted by Gasteiger charge is -2.13. The van der Waals surface area contributed by atoms with Crippen molar-refractivity contribution < 1.29 is 17.9 Å². The summed E-state index contributed by atoms with van der Waals surface area (Å²) >= 11 is 0. The summed E-state index contributed by atoms with van der Waals surface area (Å²) in [5.41, 5.74) is -1.54. The number of anilines is 1. The maximum atomic E-state index is 12.8. The van der Waals surface area contributed by atoms with Crippen LogP contribution in [-0.4, -0.2) is 7.11 Å². The number of hydrogen-bond acceptors (Lipinski definition) is 4. The number of allylic oxidation sites excluding steroid dienone is 1. The van der Waals surface area contributed by atoms with E-state index < -0.39 is 11.7 Å². The van der Waals surface area contributed by atoms with Gasteiger partial charge < -0.3 is 10.1 Å². The summed E-state index contributed by atoms with van der Waals surface area (Å²) < 4.78 is 43.1. The molecule has 0 spiro atoms. The second-order valence-corrected chi connectivity index (χ2v) is 3.34. The van der Waals surface area contributed by atoms with Gasteiger partial charge in [0.15, 0.2) is 0 Å². The summed E-state index contributed by atoms with van der Waals surface area (Å²) in [4.78, 5) is 0. The number of rotatable bonds is 3. The summed E-state index contributed by atoms with van der Waals surface area (Å²) in [6, 6.07) is 6.39. The molecule has 0 amide bonds. The van der Waals surface area contributed by atoms with E-state index in [1.54, 1.807) is 0 Å². The van der Waals surface area contributed by atoms with E-state index in [-0.39, 0.29) is 17.0 Å². The van der Waals surface area contributed by atoms with Crippen LogP contribution in [0.5, 0.6) is 5.75 Å². The summed E-state index contributed by atoms with van der Waals surface area (Å²) in [5.74, 6) is 0.0580. The van der Waals surface area contributed by atoms with E-state index >= 15 is 0 Å². The number of alkyl halides is 3. The normalized spacial score (nSPS) is 10.0. The van der Waals surface area contributed by atoms with Gasteiger partial charge in [-0.1, -0.05) is 0 Å². The molecule has 1 N–H and O–H groups in total. The Morgan fingerprint density at radius 1 is 1.32 bits per heavy atom. The molecular formula is C12H8F3N3O. The Bertz CT molecular complexity index is 563. The van der Waals surface area contributed by atoms with Gasteiger partial charge in [-0.25, -0.2) is 0 Å². The molecule has 0 aromatic heterocycles. The van der Waals surface area contributed by atoms with Crippen molar-refractivity contribution in [3.05, 3.63) is 35.5 Å². The van der Waals surface area contributed by atoms with Crippen LogP contribution in [0, 0.1) is 22.7 Å². The minimum atomic E-state index is -4.58. The molecule has 0 saturated carbocycles. The van der Waals surface area contributed by atoms with Crippen molar-refractivity contribution in [2.45, 2.75) is 6.18 Å². The molecule has 1 aromatic rings. The average Bonchev–Trinajstić information content (AvgIpc) is 2.39. The van der Waals surface area contributed by atoms with E-state index in [1.165, 1.54) is 25.3 Å². The smallest absolute Gasteiger partial charge is 0.418 e. The molecule has 4 nitrogen and oxygen atoms in total. The molecule has 1 rings (SSSR count). The third-order valence-corrected chi connectivity index (χ3v) is 2.15. The maximum Gasteiger partial charge on any atom is 0.418 e. The quantitative estimate of drug-likeness (QED) is 0.854. The Balaban J connectivity index is 3.19. The van der Waals surface area contributed by atoms with Gasteiger partial charge in [0.05, 0.1) is 18.4 Å². The first-order valence-corrected chi connectivity index (χ1v) is 4.94. The molecule has 0 radical (unpaired) electrons. The number of ether oxygens (including phenoxy) is 1. The average molecular weight is 267 g/mol. The number of halogens is 3. The van der Waals surface area contributed by atoms with Crippen LogP contribution in [0.2, 0.25) is 0 Å². The van der Waals surface area contributed by atoms with Crippen LogP contribution < -0.4 is 10.1 Å². The molecule has 0 atom stereocenters. The third kappa shape index (κ3) is 3.65. The zero-order chi connectivity index (χ0) is 14.5. The number of nitrogens with zero attached hydrogens (tertiary/aromatic N) is 2. The summed E-state index contributed by atoms with van der Waals surface area (Å²) in [5, 5.41) is 19.3. The Labute approximate surface area is 107 Å². The molecular weight excluding hydrogens is 259 g/mol. The molecule has 0 bridgehead atoms. The highest BCUT2D eigenvalue weighted by Crippen LogP contribution is 2.37. The number of nitriles is 2. The molecule has 0 heterocycles. The molecule has 0 saturated heterocycles. The van der Waals surface area contributed by atoms with Crippen molar-refractivity contribution in [3.63, 3.8) is 0 Å². The number of nitrogens with one attached hydrogen (secondary N) is 1. The fourth-order valence-corrected chi connectivity index (χ4v) is 1.25. The van der Waals surface area contributed by atoms with Crippen LogP contribution in [0.1, 0.15) is 5.56 Å². The highest BCUT2D eigenvalue weighted by molar-refractivity contribution is 5.58. The van der Waals surface area contributed by atoms with E-state index in [9.17, 15) is 13.2 Å². The van der Waals surface area contributed by atoms with Crippen LogP contribution in [0.15, 0.2) is 30.0 Å². The fraction of sp³-hybridized carbons (Fsp3) is 0.167. The lowest BCUT2D eigenvalue weighted by Crippen LogP contribution is -2.09. The Morgan fingerprint density at radius 3 is 2.42 bits per heavy atom. The van der Waals surface area contributed by atoms with Gasteiger partial charge in [0.1, 0.15) is 23.5 Å². The van der Waals surface area contributed by atoms with Crippen LogP contribution >= 0.6 is 0 Å². The molecule has 0 aliphatic carbocycles. The molecule has 98 valence electrons. The third-order valence-electron chi connectivity index (χ3n) is 2.15. The van der Waals surface area contributed by atoms with Gasteiger partial charge in [-0.15, -0.1) is 0 Å². The van der Waals surface area contributed by atoms with E-state index in [1.807, 2.05) is 0 Å². The zero-order valence-electron chi connectivity index (χ0n) is 9.75. The topological polar surface area (TPSA) is 68.8 Å². The first-order chi connectivity index (χ1) is 8.92. The number of benzene rings is 1. The van der Waals surface area contributed by atoms with Crippen molar-refractivity contribution in [2.75, 3.05) is 12.4 Å². The minimum Gasteiger partial charge on any atom is -0.497 e. The lowest BCUT2D eigenvalue weighted by molar-refractivity contribution is -0.137. The van der Waals surface area contributed by atoms with Crippen molar-refractivity contribution in [1.29, 1.82) is 10.5 Å². The van der Waals surface area contributed by atoms with Crippen LogP contribution in [0.25, 0.3) is 0 Å². The summed E-state index contributed by atoms with van der Waals surface area (Å²) in [6.07, 6.45) is -3.67. The van der Waals surface area contributed by atoms with Gasteiger partial charge in [0, 0.05) is 6.20 Å². The minimum absolute atomic E-state index is 0.0580. The van der Waals surface area contributed by atoms with E-state index in [0.717, 1.165) is 18.3 Å². The SMILES string of the molecule is COc1ccc(NC=C(C#N)C#N)c(C(F)(F)F)c1. The van der Waals surface area contributed by atoms with Crippen LogP contribution in [-0.2, 0) is 6.18 Å². The first-order valence-electron chi connectivity index (χ1n) is 4.94. The molecule has 19 heavy (non-hydrogen) atoms. The van der Waals surface area contributed by atoms with Gasteiger partial charge in [-0.3, -0.25) is 0 Å². The zero-order valence-corrected chi connectivity index (χ0v) is 9.75. The molecule has 0 fully saturated rings. The van der Waals surface area contributed by atoms with Crippen LogP contribution in [0.4, 0.5) is 18.9 Å². The molecule has 1 aromatic carbocycles. The van der Waals surface area contributed by atoms with Crippen molar-refractivity contribution in [2.24, 2.45) is 0 Å². The Hall–Kier alpha value is -2.67. The molecule has 0 aliphatic rings. The number of methoxy groups -OCH3 is 1. The number of hydrogen-bond donors (Lipinski definition) is 1. The molecule has 0 unspecified atom stereocenters. The summed E-state index contributed by atoms with van der Waals surface area (Å²) in [7, 11) is 1.26. The summed E-state index contributed by atoms with van der Waals surface area (Å²) in [6.45, 7) is 0. The second-order valence-electron chi connectivity index (χ2n) is 3.34. The standard InChI is InChI=1S/C12H8F3N3O/c1-19-9-2-3-11(10(4-9)12(13,14)15)18-7-8(5-16)6-17/h2-4,7,18H,1H3. The van der Waals surface area contributed by atoms with Crippen molar-refractivity contribution in [3.8, 4) is 17.9 Å². The molecule has 0 aliphatic heterocycles. The monoisotopic (exact) mass is 267 g/mol. The predicted molar refractivity (Wildman–Crippen MR) is 60.9 cm³/mol.